The third-order valence-corrected chi connectivity index (χ3v) is 2.91. The molecule has 0 radical (unpaired) electrons. The lowest BCUT2D eigenvalue weighted by Gasteiger charge is -2.21. The molecule has 0 aliphatic carbocycles. The Balaban J connectivity index is 2.37. The highest BCUT2D eigenvalue weighted by Gasteiger charge is 2.20. The fourth-order valence-electron chi connectivity index (χ4n) is 2.16. The number of nitrogens with zero attached hydrogens (tertiary/aromatic N) is 1. The smallest absolute Gasteiger partial charge is 0.123 e. The van der Waals surface area contributed by atoms with E-state index in [1.807, 2.05) is 25.1 Å². The zero-order valence-corrected chi connectivity index (χ0v) is 9.26. The van der Waals surface area contributed by atoms with E-state index in [-0.39, 0.29) is 5.82 Å². The van der Waals surface area contributed by atoms with Gasteiger partial charge in [0.2, 0.25) is 0 Å². The quantitative estimate of drug-likeness (QED) is 0.802. The summed E-state index contributed by atoms with van der Waals surface area (Å²) in [4.78, 5) is 2.04. The first-order chi connectivity index (χ1) is 7.18. The van der Waals surface area contributed by atoms with E-state index < -0.39 is 0 Å². The van der Waals surface area contributed by atoms with E-state index in [4.69, 9.17) is 0 Å². The molecular formula is C12H17FN2. The standard InChI is InChI=1S/C12H17FN2/c1-15(2)12-6-5-9(13)8-10(12)11-4-3-7-14-11/h5-6,8,11,14H,3-4,7H2,1-2H3. The van der Waals surface area contributed by atoms with Crippen molar-refractivity contribution in [2.24, 2.45) is 0 Å². The zero-order valence-electron chi connectivity index (χ0n) is 9.26. The minimum atomic E-state index is -0.149. The molecule has 2 rings (SSSR count). The Kier molecular flexibility index (Phi) is 2.91. The van der Waals surface area contributed by atoms with E-state index in [1.165, 1.54) is 12.5 Å². The van der Waals surface area contributed by atoms with Crippen LogP contribution in [0.4, 0.5) is 10.1 Å². The summed E-state index contributed by atoms with van der Waals surface area (Å²) in [5.41, 5.74) is 2.19. The third kappa shape index (κ3) is 2.12. The molecule has 1 saturated heterocycles. The molecular weight excluding hydrogens is 191 g/mol. The Morgan fingerprint density at radius 2 is 2.20 bits per heavy atom. The number of hydrogen-bond donors (Lipinski definition) is 1. The van der Waals surface area contributed by atoms with Crippen molar-refractivity contribution in [2.75, 3.05) is 25.5 Å². The average molecular weight is 208 g/mol. The number of benzene rings is 1. The van der Waals surface area contributed by atoms with Gasteiger partial charge in [0.05, 0.1) is 0 Å². The van der Waals surface area contributed by atoms with Crippen molar-refractivity contribution in [1.29, 1.82) is 0 Å². The van der Waals surface area contributed by atoms with E-state index in [9.17, 15) is 4.39 Å². The van der Waals surface area contributed by atoms with E-state index in [2.05, 4.69) is 5.32 Å². The molecule has 0 saturated carbocycles. The second-order valence-corrected chi connectivity index (χ2v) is 4.25. The van der Waals surface area contributed by atoms with Crippen molar-refractivity contribution in [3.8, 4) is 0 Å². The van der Waals surface area contributed by atoms with Crippen LogP contribution >= 0.6 is 0 Å². The van der Waals surface area contributed by atoms with Crippen LogP contribution in [0, 0.1) is 5.82 Å². The molecule has 0 spiro atoms. The molecule has 0 amide bonds. The van der Waals surface area contributed by atoms with Crippen LogP contribution in [0.1, 0.15) is 24.4 Å². The molecule has 82 valence electrons. The molecule has 1 aliphatic rings. The number of rotatable bonds is 2. The lowest BCUT2D eigenvalue weighted by molar-refractivity contribution is 0.606. The molecule has 0 bridgehead atoms. The summed E-state index contributed by atoms with van der Waals surface area (Å²) in [6.45, 7) is 1.04. The van der Waals surface area contributed by atoms with Crippen LogP contribution in [0.2, 0.25) is 0 Å². The lowest BCUT2D eigenvalue weighted by Crippen LogP contribution is -2.18. The Labute approximate surface area is 90.1 Å². The van der Waals surface area contributed by atoms with Crippen molar-refractivity contribution in [1.82, 2.24) is 5.32 Å². The van der Waals surface area contributed by atoms with E-state index in [0.717, 1.165) is 24.2 Å². The van der Waals surface area contributed by atoms with Gasteiger partial charge >= 0.3 is 0 Å². The second kappa shape index (κ2) is 4.19. The van der Waals surface area contributed by atoms with Crippen molar-refractivity contribution in [3.63, 3.8) is 0 Å². The highest BCUT2D eigenvalue weighted by molar-refractivity contribution is 5.54. The van der Waals surface area contributed by atoms with Gasteiger partial charge in [-0.25, -0.2) is 4.39 Å². The summed E-state index contributed by atoms with van der Waals surface area (Å²) in [5, 5.41) is 3.40. The largest absolute Gasteiger partial charge is 0.377 e. The average Bonchev–Trinajstić information content (AvgIpc) is 2.69. The van der Waals surface area contributed by atoms with Gasteiger partial charge in [-0.2, -0.15) is 0 Å². The number of hydrogen-bond acceptors (Lipinski definition) is 2. The summed E-state index contributed by atoms with van der Waals surface area (Å²) in [6, 6.07) is 5.34. The minimum absolute atomic E-state index is 0.149. The van der Waals surface area contributed by atoms with Gasteiger partial charge in [0.15, 0.2) is 0 Å². The molecule has 1 aromatic carbocycles. The maximum absolute atomic E-state index is 13.2. The monoisotopic (exact) mass is 208 g/mol. The van der Waals surface area contributed by atoms with Gasteiger partial charge in [0.1, 0.15) is 5.82 Å². The first kappa shape index (κ1) is 10.4. The molecule has 1 aliphatic heterocycles. The molecule has 2 nitrogen and oxygen atoms in total. The zero-order chi connectivity index (χ0) is 10.8. The lowest BCUT2D eigenvalue weighted by atomic mass is 10.0. The van der Waals surface area contributed by atoms with Crippen LogP contribution < -0.4 is 10.2 Å². The van der Waals surface area contributed by atoms with Gasteiger partial charge in [-0.1, -0.05) is 0 Å². The summed E-state index contributed by atoms with van der Waals surface area (Å²) >= 11 is 0. The number of anilines is 1. The third-order valence-electron chi connectivity index (χ3n) is 2.91. The van der Waals surface area contributed by atoms with Gasteiger partial charge in [-0.3, -0.25) is 0 Å². The summed E-state index contributed by atoms with van der Waals surface area (Å²) in [6.07, 6.45) is 2.28. The molecule has 1 heterocycles. The van der Waals surface area contributed by atoms with Crippen molar-refractivity contribution in [2.45, 2.75) is 18.9 Å². The number of nitrogens with one attached hydrogen (secondary N) is 1. The molecule has 3 heteroatoms. The highest BCUT2D eigenvalue weighted by Crippen LogP contribution is 2.31. The van der Waals surface area contributed by atoms with Gasteiger partial charge in [0, 0.05) is 25.8 Å². The fraction of sp³-hybridized carbons (Fsp3) is 0.500. The summed E-state index contributed by atoms with van der Waals surface area (Å²) in [7, 11) is 3.98. The van der Waals surface area contributed by atoms with Crippen LogP contribution in [-0.2, 0) is 0 Å². The normalized spacial score (nSPS) is 20.6. The fourth-order valence-corrected chi connectivity index (χ4v) is 2.16. The second-order valence-electron chi connectivity index (χ2n) is 4.25. The van der Waals surface area contributed by atoms with Crippen molar-refractivity contribution in [3.05, 3.63) is 29.6 Å². The SMILES string of the molecule is CN(C)c1ccc(F)cc1C1CCCN1. The Morgan fingerprint density at radius 3 is 2.80 bits per heavy atom. The first-order valence-electron chi connectivity index (χ1n) is 5.38. The van der Waals surface area contributed by atoms with Crippen LogP contribution in [0.25, 0.3) is 0 Å². The molecule has 0 aromatic heterocycles. The Hall–Kier alpha value is -1.09. The molecule has 1 aromatic rings. The molecule has 1 fully saturated rings. The minimum Gasteiger partial charge on any atom is -0.377 e. The number of halogens is 1. The van der Waals surface area contributed by atoms with Gasteiger partial charge < -0.3 is 10.2 Å². The summed E-state index contributed by atoms with van der Waals surface area (Å²) < 4.78 is 13.2. The van der Waals surface area contributed by atoms with Gasteiger partial charge in [-0.15, -0.1) is 0 Å². The highest BCUT2D eigenvalue weighted by atomic mass is 19.1. The van der Waals surface area contributed by atoms with Crippen molar-refractivity contribution < 1.29 is 4.39 Å². The van der Waals surface area contributed by atoms with E-state index >= 15 is 0 Å². The maximum Gasteiger partial charge on any atom is 0.123 e. The van der Waals surface area contributed by atoms with E-state index in [1.54, 1.807) is 6.07 Å². The van der Waals surface area contributed by atoms with Crippen LogP contribution in [0.3, 0.4) is 0 Å². The van der Waals surface area contributed by atoms with Crippen LogP contribution in [0.5, 0.6) is 0 Å². The topological polar surface area (TPSA) is 15.3 Å². The summed E-state index contributed by atoms with van der Waals surface area (Å²) in [5.74, 6) is -0.149. The van der Waals surface area contributed by atoms with Crippen LogP contribution in [0.15, 0.2) is 18.2 Å². The molecule has 15 heavy (non-hydrogen) atoms. The predicted octanol–water partition coefficient (Wildman–Crippen LogP) is 2.32. The van der Waals surface area contributed by atoms with Crippen LogP contribution in [-0.4, -0.2) is 20.6 Å². The maximum atomic E-state index is 13.2. The van der Waals surface area contributed by atoms with Gasteiger partial charge in [-0.05, 0) is 43.1 Å². The molecule has 1 N–H and O–H groups in total. The predicted molar refractivity (Wildman–Crippen MR) is 60.7 cm³/mol. The molecule has 1 unspecified atom stereocenters. The first-order valence-corrected chi connectivity index (χ1v) is 5.38. The van der Waals surface area contributed by atoms with Crippen molar-refractivity contribution >= 4 is 5.69 Å². The Bertz CT molecular complexity index is 343. The van der Waals surface area contributed by atoms with E-state index in [0.29, 0.717) is 6.04 Å². The van der Waals surface area contributed by atoms with Gasteiger partial charge in [0.25, 0.3) is 0 Å². The Morgan fingerprint density at radius 1 is 1.40 bits per heavy atom. The molecule has 1 atom stereocenters.